The predicted molar refractivity (Wildman–Crippen MR) is 49.2 cm³/mol. The molecule has 5 atom stereocenters. The molecule has 7 N–H and O–H groups in total. The van der Waals surface area contributed by atoms with Gasteiger partial charge in [0.1, 0.15) is 37.1 Å². The zero-order chi connectivity index (χ0) is 12.9. The minimum Gasteiger partial charge on any atom is -0.394 e. The normalized spacial score (nSPS) is 20.9. The van der Waals surface area contributed by atoms with Gasteiger partial charge in [-0.1, -0.05) is 0 Å². The van der Waals surface area contributed by atoms with E-state index in [4.69, 9.17) is 25.5 Å². The molecule has 0 amide bonds. The van der Waals surface area contributed by atoms with Crippen molar-refractivity contribution in [3.63, 3.8) is 0 Å². The van der Waals surface area contributed by atoms with E-state index in [1.54, 1.807) is 0 Å². The summed E-state index contributed by atoms with van der Waals surface area (Å²) in [6, 6.07) is 0. The summed E-state index contributed by atoms with van der Waals surface area (Å²) in [6.45, 7) is -1.90. The predicted octanol–water partition coefficient (Wildman–Crippen LogP) is -4.66. The SMILES string of the molecule is O=C(CO)[C@@H](O)[C@@H](O)[C@H](O)[C@H](O)[C@@H](O)CO. The van der Waals surface area contributed by atoms with E-state index in [-0.39, 0.29) is 0 Å². The Hall–Kier alpha value is -0.610. The first-order valence-electron chi connectivity index (χ1n) is 4.51. The third-order valence-corrected chi connectivity index (χ3v) is 2.09. The Labute approximate surface area is 91.0 Å². The lowest BCUT2D eigenvalue weighted by Crippen LogP contribution is -2.52. The molecular weight excluding hydrogens is 224 g/mol. The first-order chi connectivity index (χ1) is 7.36. The lowest BCUT2D eigenvalue weighted by molar-refractivity contribution is -0.157. The fourth-order valence-electron chi connectivity index (χ4n) is 1.01. The maximum Gasteiger partial charge on any atom is 0.189 e. The van der Waals surface area contributed by atoms with Gasteiger partial charge in [0.15, 0.2) is 5.78 Å². The molecule has 16 heavy (non-hydrogen) atoms. The van der Waals surface area contributed by atoms with Crippen molar-refractivity contribution in [1.82, 2.24) is 0 Å². The highest BCUT2D eigenvalue weighted by molar-refractivity contribution is 5.84. The molecule has 0 aliphatic carbocycles. The van der Waals surface area contributed by atoms with Crippen LogP contribution in [0.25, 0.3) is 0 Å². The highest BCUT2D eigenvalue weighted by atomic mass is 16.4. The second-order valence-electron chi connectivity index (χ2n) is 3.29. The van der Waals surface area contributed by atoms with Crippen molar-refractivity contribution in [2.45, 2.75) is 30.5 Å². The van der Waals surface area contributed by atoms with Gasteiger partial charge < -0.3 is 35.7 Å². The van der Waals surface area contributed by atoms with E-state index in [0.29, 0.717) is 0 Å². The molecule has 8 heteroatoms. The number of aliphatic hydroxyl groups is 7. The molecule has 8 nitrogen and oxygen atoms in total. The smallest absolute Gasteiger partial charge is 0.189 e. The van der Waals surface area contributed by atoms with Gasteiger partial charge in [0.25, 0.3) is 0 Å². The molecule has 0 bridgehead atoms. The molecule has 0 aliphatic heterocycles. The lowest BCUT2D eigenvalue weighted by Gasteiger charge is -2.27. The van der Waals surface area contributed by atoms with Gasteiger partial charge in [-0.25, -0.2) is 0 Å². The largest absolute Gasteiger partial charge is 0.394 e. The summed E-state index contributed by atoms with van der Waals surface area (Å²) in [4.78, 5) is 10.8. The number of hydrogen-bond acceptors (Lipinski definition) is 8. The van der Waals surface area contributed by atoms with Crippen LogP contribution in [0.1, 0.15) is 0 Å². The molecule has 0 aromatic carbocycles. The van der Waals surface area contributed by atoms with Crippen LogP contribution in [-0.2, 0) is 4.79 Å². The lowest BCUT2D eigenvalue weighted by atomic mass is 9.97. The fraction of sp³-hybridized carbons (Fsp3) is 0.875. The highest BCUT2D eigenvalue weighted by Gasteiger charge is 2.36. The molecule has 0 spiro atoms. The fourth-order valence-corrected chi connectivity index (χ4v) is 1.01. The third-order valence-electron chi connectivity index (χ3n) is 2.09. The summed E-state index contributed by atoms with van der Waals surface area (Å²) in [5.41, 5.74) is 0. The van der Waals surface area contributed by atoms with E-state index in [2.05, 4.69) is 0 Å². The van der Waals surface area contributed by atoms with Crippen LogP contribution in [0.2, 0.25) is 0 Å². The summed E-state index contributed by atoms with van der Waals surface area (Å²) in [6.07, 6.45) is -9.84. The van der Waals surface area contributed by atoms with Crippen molar-refractivity contribution in [2.24, 2.45) is 0 Å². The van der Waals surface area contributed by atoms with Crippen molar-refractivity contribution in [3.05, 3.63) is 0 Å². The topological polar surface area (TPSA) is 159 Å². The van der Waals surface area contributed by atoms with Crippen molar-refractivity contribution in [1.29, 1.82) is 0 Å². The van der Waals surface area contributed by atoms with Gasteiger partial charge in [0.2, 0.25) is 0 Å². The van der Waals surface area contributed by atoms with Gasteiger partial charge in [0.05, 0.1) is 6.61 Å². The number of rotatable bonds is 7. The molecule has 0 radical (unpaired) electrons. The zero-order valence-electron chi connectivity index (χ0n) is 8.34. The maximum absolute atomic E-state index is 10.8. The molecule has 0 aromatic rings. The number of Topliss-reactive ketones (excluding diaryl/α,β-unsaturated/α-hetero) is 1. The molecule has 0 rings (SSSR count). The Morgan fingerprint density at radius 3 is 1.75 bits per heavy atom. The van der Waals surface area contributed by atoms with Crippen LogP contribution in [0.3, 0.4) is 0 Å². The Bertz CT molecular complexity index is 220. The first-order valence-corrected chi connectivity index (χ1v) is 4.51. The Morgan fingerprint density at radius 2 is 1.38 bits per heavy atom. The summed E-state index contributed by atoms with van der Waals surface area (Å²) >= 11 is 0. The summed E-state index contributed by atoms with van der Waals surface area (Å²) in [5.74, 6) is -1.14. The van der Waals surface area contributed by atoms with Crippen LogP contribution < -0.4 is 0 Å². The van der Waals surface area contributed by atoms with Gasteiger partial charge in [-0.2, -0.15) is 0 Å². The van der Waals surface area contributed by atoms with E-state index in [0.717, 1.165) is 0 Å². The average Bonchev–Trinajstić information content (AvgIpc) is 2.32. The molecule has 0 heterocycles. The first kappa shape index (κ1) is 15.4. The van der Waals surface area contributed by atoms with Gasteiger partial charge in [0, 0.05) is 0 Å². The number of hydrogen-bond donors (Lipinski definition) is 7. The molecule has 0 aromatic heterocycles. The van der Waals surface area contributed by atoms with Crippen LogP contribution in [0.15, 0.2) is 0 Å². The standard InChI is InChI=1S/C8H16O8/c9-1-3(11)5(13)7(15)8(16)6(14)4(12)2-10/h3,5-11,13-16H,1-2H2/t3-,5+,6+,7+,8+/m0/s1. The minimum absolute atomic E-state index is 0.866. The summed E-state index contributed by atoms with van der Waals surface area (Å²) < 4.78 is 0. The van der Waals surface area contributed by atoms with E-state index >= 15 is 0 Å². The van der Waals surface area contributed by atoms with Gasteiger partial charge >= 0.3 is 0 Å². The van der Waals surface area contributed by atoms with Crippen LogP contribution in [0.4, 0.5) is 0 Å². The number of carbonyl (C=O) groups is 1. The van der Waals surface area contributed by atoms with E-state index < -0.39 is 49.5 Å². The van der Waals surface area contributed by atoms with Crippen molar-refractivity contribution in [3.8, 4) is 0 Å². The van der Waals surface area contributed by atoms with E-state index in [9.17, 15) is 15.0 Å². The minimum atomic E-state index is -2.08. The quantitative estimate of drug-likeness (QED) is 0.234. The number of carbonyl (C=O) groups excluding carboxylic acids is 1. The van der Waals surface area contributed by atoms with Crippen molar-refractivity contribution < 1.29 is 40.5 Å². The van der Waals surface area contributed by atoms with Gasteiger partial charge in [-0.3, -0.25) is 4.79 Å². The second-order valence-corrected chi connectivity index (χ2v) is 3.29. The molecule has 96 valence electrons. The molecule has 0 fully saturated rings. The van der Waals surface area contributed by atoms with Gasteiger partial charge in [-0.05, 0) is 0 Å². The Kier molecular flexibility index (Phi) is 6.60. The second kappa shape index (κ2) is 6.86. The molecule has 0 unspecified atom stereocenters. The number of aliphatic hydroxyl groups excluding tert-OH is 7. The van der Waals surface area contributed by atoms with Crippen LogP contribution in [0.5, 0.6) is 0 Å². The Balaban J connectivity index is 4.47. The van der Waals surface area contributed by atoms with Crippen LogP contribution in [-0.4, -0.2) is 85.3 Å². The maximum atomic E-state index is 10.8. The third kappa shape index (κ3) is 3.76. The monoisotopic (exact) mass is 240 g/mol. The Morgan fingerprint density at radius 1 is 0.875 bits per heavy atom. The van der Waals surface area contributed by atoms with E-state index in [1.807, 2.05) is 0 Å². The van der Waals surface area contributed by atoms with Crippen molar-refractivity contribution >= 4 is 5.78 Å². The zero-order valence-corrected chi connectivity index (χ0v) is 8.34. The van der Waals surface area contributed by atoms with Gasteiger partial charge in [-0.15, -0.1) is 0 Å². The highest BCUT2D eigenvalue weighted by Crippen LogP contribution is 2.09. The molecule has 0 saturated heterocycles. The summed E-state index contributed by atoms with van der Waals surface area (Å²) in [7, 11) is 0. The molecule has 0 saturated carbocycles. The van der Waals surface area contributed by atoms with E-state index in [1.165, 1.54) is 0 Å². The van der Waals surface area contributed by atoms with Crippen molar-refractivity contribution in [2.75, 3.05) is 13.2 Å². The summed E-state index contributed by atoms with van der Waals surface area (Å²) in [5, 5.41) is 62.5. The number of ketones is 1. The average molecular weight is 240 g/mol. The molecular formula is C8H16O8. The molecule has 0 aliphatic rings. The van der Waals surface area contributed by atoms with Crippen LogP contribution >= 0.6 is 0 Å². The van der Waals surface area contributed by atoms with Crippen LogP contribution in [0, 0.1) is 0 Å².